The van der Waals surface area contributed by atoms with E-state index in [4.69, 9.17) is 4.74 Å². The van der Waals surface area contributed by atoms with Gasteiger partial charge in [-0.3, -0.25) is 15.1 Å². The highest BCUT2D eigenvalue weighted by Gasteiger charge is 2.11. The number of benzene rings is 1. The van der Waals surface area contributed by atoms with E-state index in [0.717, 1.165) is 13.0 Å². The summed E-state index contributed by atoms with van der Waals surface area (Å²) < 4.78 is 4.97. The lowest BCUT2D eigenvalue weighted by Gasteiger charge is -2.12. The average Bonchev–Trinajstić information content (AvgIpc) is 2.53. The maximum absolute atomic E-state index is 10.9. The third-order valence-electron chi connectivity index (χ3n) is 2.87. The number of methoxy groups -OCH3 is 1. The third-order valence-corrected chi connectivity index (χ3v) is 2.87. The van der Waals surface area contributed by atoms with Crippen LogP contribution in [0, 0.1) is 10.1 Å². The number of nitro benzene ring substituents is 1. The highest BCUT2D eigenvalue weighted by atomic mass is 16.6. The van der Waals surface area contributed by atoms with Gasteiger partial charge in [-0.15, -0.1) is 0 Å². The Morgan fingerprint density at radius 1 is 1.27 bits per heavy atom. The molecule has 1 rings (SSSR count). The smallest absolute Gasteiger partial charge is 0.292 e. The van der Waals surface area contributed by atoms with E-state index >= 15 is 0 Å². The molecule has 0 saturated carbocycles. The van der Waals surface area contributed by atoms with Crippen LogP contribution in [0.15, 0.2) is 29.3 Å². The van der Waals surface area contributed by atoms with Crippen molar-refractivity contribution in [1.29, 1.82) is 0 Å². The fraction of sp³-hybridized carbons (Fsp3) is 0.500. The predicted octanol–water partition coefficient (Wildman–Crippen LogP) is 1.21. The van der Waals surface area contributed by atoms with E-state index in [1.807, 2.05) is 0 Å². The lowest BCUT2D eigenvalue weighted by molar-refractivity contribution is -0.384. The fourth-order valence-electron chi connectivity index (χ4n) is 1.80. The molecule has 0 spiro atoms. The maximum atomic E-state index is 10.9. The van der Waals surface area contributed by atoms with Gasteiger partial charge in [-0.1, -0.05) is 12.1 Å². The third kappa shape index (κ3) is 6.40. The van der Waals surface area contributed by atoms with Crippen molar-refractivity contribution in [3.8, 4) is 0 Å². The van der Waals surface area contributed by atoms with Gasteiger partial charge in [0.05, 0.1) is 4.92 Å². The second kappa shape index (κ2) is 10.4. The summed E-state index contributed by atoms with van der Waals surface area (Å²) in [6.45, 7) is 2.61. The molecule has 0 heterocycles. The summed E-state index contributed by atoms with van der Waals surface area (Å²) in [6.07, 6.45) is 0.895. The Morgan fingerprint density at radius 2 is 2.00 bits per heavy atom. The van der Waals surface area contributed by atoms with Crippen molar-refractivity contribution in [2.24, 2.45) is 4.99 Å². The molecule has 0 saturated heterocycles. The molecule has 8 nitrogen and oxygen atoms in total. The first kappa shape index (κ1) is 17.7. The lowest BCUT2D eigenvalue weighted by atomic mass is 10.2. The Labute approximate surface area is 130 Å². The summed E-state index contributed by atoms with van der Waals surface area (Å²) in [6, 6.07) is 6.58. The van der Waals surface area contributed by atoms with Gasteiger partial charge in [-0.25, -0.2) is 0 Å². The van der Waals surface area contributed by atoms with E-state index < -0.39 is 4.92 Å². The van der Waals surface area contributed by atoms with Gasteiger partial charge in [0.25, 0.3) is 5.69 Å². The first-order chi connectivity index (χ1) is 10.7. The van der Waals surface area contributed by atoms with Crippen LogP contribution in [0.3, 0.4) is 0 Å². The van der Waals surface area contributed by atoms with Gasteiger partial charge in [-0.05, 0) is 12.5 Å². The number of anilines is 1. The van der Waals surface area contributed by atoms with Gasteiger partial charge < -0.3 is 20.7 Å². The lowest BCUT2D eigenvalue weighted by Crippen LogP contribution is -2.40. The minimum atomic E-state index is -0.397. The monoisotopic (exact) mass is 309 g/mol. The van der Waals surface area contributed by atoms with Gasteiger partial charge in [0, 0.05) is 46.5 Å². The van der Waals surface area contributed by atoms with Crippen LogP contribution >= 0.6 is 0 Å². The highest BCUT2D eigenvalue weighted by Crippen LogP contribution is 2.22. The molecule has 0 aromatic heterocycles. The van der Waals surface area contributed by atoms with E-state index in [0.29, 0.717) is 31.3 Å². The Kier molecular flexibility index (Phi) is 8.36. The number of guanidine groups is 1. The molecule has 0 amide bonds. The summed E-state index contributed by atoms with van der Waals surface area (Å²) in [5.41, 5.74) is 0.585. The van der Waals surface area contributed by atoms with Crippen molar-refractivity contribution < 1.29 is 9.66 Å². The molecule has 8 heteroatoms. The standard InChI is InChI=1S/C14H23N5O3/c1-15-14(17-8-5-11-22-2)18-10-9-16-12-6-3-4-7-13(12)19(20)21/h3-4,6-7,16H,5,8-11H2,1-2H3,(H2,15,17,18). The predicted molar refractivity (Wildman–Crippen MR) is 87.4 cm³/mol. The van der Waals surface area contributed by atoms with Gasteiger partial charge in [-0.2, -0.15) is 0 Å². The van der Waals surface area contributed by atoms with Crippen LogP contribution in [0.25, 0.3) is 0 Å². The maximum Gasteiger partial charge on any atom is 0.292 e. The Hall–Kier alpha value is -2.35. The van der Waals surface area contributed by atoms with Crippen LogP contribution in [0.4, 0.5) is 11.4 Å². The zero-order valence-electron chi connectivity index (χ0n) is 13.0. The van der Waals surface area contributed by atoms with Crippen molar-refractivity contribution in [3.05, 3.63) is 34.4 Å². The first-order valence-electron chi connectivity index (χ1n) is 7.09. The van der Waals surface area contributed by atoms with Crippen LogP contribution in [0.1, 0.15) is 6.42 Å². The number of aliphatic imine (C=N–C) groups is 1. The second-order valence-corrected chi connectivity index (χ2v) is 4.47. The zero-order valence-corrected chi connectivity index (χ0v) is 13.0. The number of hydrogen-bond acceptors (Lipinski definition) is 5. The molecule has 122 valence electrons. The van der Waals surface area contributed by atoms with Crippen molar-refractivity contribution in [1.82, 2.24) is 10.6 Å². The summed E-state index contributed by atoms with van der Waals surface area (Å²) >= 11 is 0. The largest absolute Gasteiger partial charge is 0.385 e. The Bertz CT molecular complexity index is 493. The second-order valence-electron chi connectivity index (χ2n) is 4.47. The van der Waals surface area contributed by atoms with Crippen molar-refractivity contribution in [3.63, 3.8) is 0 Å². The minimum Gasteiger partial charge on any atom is -0.385 e. The molecule has 0 unspecified atom stereocenters. The fourth-order valence-corrected chi connectivity index (χ4v) is 1.80. The molecular formula is C14H23N5O3. The highest BCUT2D eigenvalue weighted by molar-refractivity contribution is 5.79. The molecule has 0 aliphatic rings. The van der Waals surface area contributed by atoms with E-state index in [1.165, 1.54) is 6.07 Å². The van der Waals surface area contributed by atoms with Gasteiger partial charge >= 0.3 is 0 Å². The number of hydrogen-bond donors (Lipinski definition) is 3. The molecule has 0 radical (unpaired) electrons. The average molecular weight is 309 g/mol. The van der Waals surface area contributed by atoms with Crippen LogP contribution in [-0.2, 0) is 4.74 Å². The van der Waals surface area contributed by atoms with Crippen LogP contribution in [-0.4, -0.2) is 51.3 Å². The molecular weight excluding hydrogens is 286 g/mol. The molecule has 0 fully saturated rings. The van der Waals surface area contributed by atoms with Crippen LogP contribution in [0.5, 0.6) is 0 Å². The van der Waals surface area contributed by atoms with E-state index in [1.54, 1.807) is 32.4 Å². The number of nitrogens with one attached hydrogen (secondary N) is 3. The van der Waals surface area contributed by atoms with Crippen LogP contribution in [0.2, 0.25) is 0 Å². The number of nitro groups is 1. The van der Waals surface area contributed by atoms with Crippen molar-refractivity contribution >= 4 is 17.3 Å². The number of para-hydroxylation sites is 2. The van der Waals surface area contributed by atoms with Gasteiger partial charge in [0.15, 0.2) is 5.96 Å². The van der Waals surface area contributed by atoms with Gasteiger partial charge in [0.2, 0.25) is 0 Å². The summed E-state index contributed by atoms with van der Waals surface area (Å²) in [7, 11) is 3.36. The summed E-state index contributed by atoms with van der Waals surface area (Å²) in [5.74, 6) is 0.695. The normalized spacial score (nSPS) is 11.1. The van der Waals surface area contributed by atoms with Crippen molar-refractivity contribution in [2.75, 3.05) is 45.7 Å². The number of nitrogens with zero attached hydrogens (tertiary/aromatic N) is 2. The topological polar surface area (TPSA) is 101 Å². The molecule has 1 aromatic carbocycles. The first-order valence-corrected chi connectivity index (χ1v) is 7.09. The minimum absolute atomic E-state index is 0.0737. The van der Waals surface area contributed by atoms with E-state index in [-0.39, 0.29) is 5.69 Å². The zero-order chi connectivity index (χ0) is 16.2. The van der Waals surface area contributed by atoms with Crippen LogP contribution < -0.4 is 16.0 Å². The molecule has 0 bridgehead atoms. The Morgan fingerprint density at radius 3 is 2.68 bits per heavy atom. The molecule has 0 aliphatic carbocycles. The quantitative estimate of drug-likeness (QED) is 0.208. The van der Waals surface area contributed by atoms with E-state index in [9.17, 15) is 10.1 Å². The SMILES string of the molecule is CN=C(NCCCOC)NCCNc1ccccc1[N+](=O)[O-]. The number of ether oxygens (including phenoxy) is 1. The summed E-state index contributed by atoms with van der Waals surface area (Å²) in [5, 5.41) is 20.2. The number of rotatable bonds is 9. The van der Waals surface area contributed by atoms with Crippen molar-refractivity contribution in [2.45, 2.75) is 6.42 Å². The molecule has 1 aromatic rings. The Balaban J connectivity index is 2.31. The van der Waals surface area contributed by atoms with E-state index in [2.05, 4.69) is 20.9 Å². The molecule has 0 aliphatic heterocycles. The summed E-state index contributed by atoms with van der Waals surface area (Å²) in [4.78, 5) is 14.6. The molecule has 3 N–H and O–H groups in total. The van der Waals surface area contributed by atoms with Gasteiger partial charge in [0.1, 0.15) is 5.69 Å². The molecule has 22 heavy (non-hydrogen) atoms. The molecule has 0 atom stereocenters.